The molecule has 2 rings (SSSR count). The van der Waals surface area contributed by atoms with Crippen LogP contribution >= 0.6 is 15.9 Å². The van der Waals surface area contributed by atoms with Gasteiger partial charge in [0.2, 0.25) is 5.91 Å². The maximum Gasteiger partial charge on any atom is 0.244 e. The lowest BCUT2D eigenvalue weighted by molar-refractivity contribution is -0.307. The van der Waals surface area contributed by atoms with Crippen LogP contribution in [0, 0.1) is 0 Å². The van der Waals surface area contributed by atoms with E-state index in [1.807, 2.05) is 24.3 Å². The molecule has 124 valence electrons. The van der Waals surface area contributed by atoms with E-state index in [0.717, 1.165) is 10.0 Å². The predicted octanol–water partition coefficient (Wildman–Crippen LogP) is 1.27. The van der Waals surface area contributed by atoms with Crippen molar-refractivity contribution < 1.29 is 19.4 Å². The zero-order valence-electron chi connectivity index (χ0n) is 12.6. The summed E-state index contributed by atoms with van der Waals surface area (Å²) >= 11 is 3.33. The standard InChI is InChI=1S/C17H15BrN2O4/c18-14-7-5-12(6-8-14)9-16(21)20-19-10-13-3-1-2-4-15(13)24-11-17(22)23/h1-8,10H,9,11H2,(H,20,21)(H,22,23)/p-1/b19-10-. The topological polar surface area (TPSA) is 90.8 Å². The Balaban J connectivity index is 1.92. The number of carboxylic acids is 1. The molecule has 2 aromatic rings. The molecule has 0 saturated heterocycles. The van der Waals surface area contributed by atoms with Gasteiger partial charge in [-0.1, -0.05) is 40.2 Å². The Kier molecular flexibility index (Phi) is 6.51. The molecule has 0 saturated carbocycles. The van der Waals surface area contributed by atoms with Crippen LogP contribution in [0.15, 0.2) is 58.1 Å². The third kappa shape index (κ3) is 5.85. The van der Waals surface area contributed by atoms with Crippen LogP contribution in [0.5, 0.6) is 5.75 Å². The van der Waals surface area contributed by atoms with Crippen LogP contribution < -0.4 is 15.3 Å². The van der Waals surface area contributed by atoms with Crippen molar-refractivity contribution in [2.75, 3.05) is 6.61 Å². The molecule has 6 nitrogen and oxygen atoms in total. The SMILES string of the molecule is O=C([O-])COc1ccccc1/C=N\NC(=O)Cc1ccc(Br)cc1. The Morgan fingerprint density at radius 1 is 1.17 bits per heavy atom. The Bertz CT molecular complexity index is 745. The number of hydrazone groups is 1. The zero-order chi connectivity index (χ0) is 17.4. The lowest BCUT2D eigenvalue weighted by Crippen LogP contribution is -2.29. The van der Waals surface area contributed by atoms with Gasteiger partial charge in [0.15, 0.2) is 0 Å². The molecular weight excluding hydrogens is 376 g/mol. The van der Waals surface area contributed by atoms with Crippen molar-refractivity contribution in [1.29, 1.82) is 0 Å². The first kappa shape index (κ1) is 17.7. The van der Waals surface area contributed by atoms with E-state index in [1.54, 1.807) is 24.3 Å². The molecule has 0 aliphatic rings. The largest absolute Gasteiger partial charge is 0.546 e. The number of aliphatic carboxylic acids is 1. The summed E-state index contributed by atoms with van der Waals surface area (Å²) in [5.41, 5.74) is 3.83. The summed E-state index contributed by atoms with van der Waals surface area (Å²) in [6.07, 6.45) is 1.59. The van der Waals surface area contributed by atoms with Gasteiger partial charge in [0.1, 0.15) is 12.4 Å². The fourth-order valence-electron chi connectivity index (χ4n) is 1.86. The molecule has 0 atom stereocenters. The average molecular weight is 390 g/mol. The van der Waals surface area contributed by atoms with Crippen LogP contribution in [0.2, 0.25) is 0 Å². The number of nitrogens with zero attached hydrogens (tertiary/aromatic N) is 1. The Labute approximate surface area is 147 Å². The number of benzene rings is 2. The summed E-state index contributed by atoms with van der Waals surface area (Å²) in [6, 6.07) is 14.1. The predicted molar refractivity (Wildman–Crippen MR) is 90.5 cm³/mol. The molecule has 0 radical (unpaired) electrons. The van der Waals surface area contributed by atoms with Crippen LogP contribution in [0.4, 0.5) is 0 Å². The van der Waals surface area contributed by atoms with Gasteiger partial charge in [-0.15, -0.1) is 0 Å². The summed E-state index contributed by atoms with van der Waals surface area (Å²) in [4.78, 5) is 22.3. The summed E-state index contributed by atoms with van der Waals surface area (Å²) in [7, 11) is 0. The third-order valence-corrected chi connectivity index (χ3v) is 3.46. The van der Waals surface area contributed by atoms with E-state index in [1.165, 1.54) is 6.21 Å². The van der Waals surface area contributed by atoms with Gasteiger partial charge in [-0.25, -0.2) is 5.43 Å². The molecule has 0 heterocycles. The molecule has 0 bridgehead atoms. The molecule has 24 heavy (non-hydrogen) atoms. The van der Waals surface area contributed by atoms with E-state index < -0.39 is 12.6 Å². The minimum Gasteiger partial charge on any atom is -0.546 e. The Morgan fingerprint density at radius 2 is 1.88 bits per heavy atom. The number of carbonyl (C=O) groups is 2. The number of halogens is 1. The second kappa shape index (κ2) is 8.83. The Hall–Kier alpha value is -2.67. The van der Waals surface area contributed by atoms with Crippen molar-refractivity contribution in [2.45, 2.75) is 6.42 Å². The number of hydrogen-bond acceptors (Lipinski definition) is 5. The van der Waals surface area contributed by atoms with Crippen molar-refractivity contribution in [2.24, 2.45) is 5.10 Å². The second-order valence-corrected chi connectivity index (χ2v) is 5.71. The van der Waals surface area contributed by atoms with Gasteiger partial charge in [0.25, 0.3) is 0 Å². The van der Waals surface area contributed by atoms with E-state index in [-0.39, 0.29) is 12.3 Å². The number of rotatable bonds is 7. The van der Waals surface area contributed by atoms with Gasteiger partial charge in [0, 0.05) is 10.0 Å². The molecule has 0 aliphatic carbocycles. The average Bonchev–Trinajstić information content (AvgIpc) is 2.56. The minimum absolute atomic E-state index is 0.202. The van der Waals surface area contributed by atoms with Gasteiger partial charge in [0.05, 0.1) is 18.6 Å². The molecule has 2 aromatic carbocycles. The lowest BCUT2D eigenvalue weighted by Gasteiger charge is -2.09. The zero-order valence-corrected chi connectivity index (χ0v) is 14.2. The summed E-state index contributed by atoms with van der Waals surface area (Å²) < 4.78 is 6.03. The molecule has 1 N–H and O–H groups in total. The summed E-state index contributed by atoms with van der Waals surface area (Å²) in [6.45, 7) is -0.555. The molecule has 1 amide bonds. The van der Waals surface area contributed by atoms with E-state index >= 15 is 0 Å². The third-order valence-electron chi connectivity index (χ3n) is 2.94. The summed E-state index contributed by atoms with van der Waals surface area (Å²) in [5, 5.41) is 14.3. The second-order valence-electron chi connectivity index (χ2n) is 4.79. The number of nitrogens with one attached hydrogen (secondary N) is 1. The quantitative estimate of drug-likeness (QED) is 0.570. The van der Waals surface area contributed by atoms with Gasteiger partial charge in [-0.2, -0.15) is 5.10 Å². The maximum absolute atomic E-state index is 11.8. The molecule has 0 aliphatic heterocycles. The van der Waals surface area contributed by atoms with Crippen LogP contribution in [0.1, 0.15) is 11.1 Å². The first-order valence-electron chi connectivity index (χ1n) is 7.02. The maximum atomic E-state index is 11.8. The number of amides is 1. The van der Waals surface area contributed by atoms with Gasteiger partial charge < -0.3 is 14.6 Å². The highest BCUT2D eigenvalue weighted by Crippen LogP contribution is 2.15. The molecular formula is C17H14BrN2O4-. The molecule has 0 fully saturated rings. The minimum atomic E-state index is -1.32. The highest BCUT2D eigenvalue weighted by atomic mass is 79.9. The van der Waals surface area contributed by atoms with Gasteiger partial charge in [-0.3, -0.25) is 4.79 Å². The van der Waals surface area contributed by atoms with Crippen molar-refractivity contribution in [3.8, 4) is 5.75 Å². The molecule has 0 unspecified atom stereocenters. The smallest absolute Gasteiger partial charge is 0.244 e. The first-order chi connectivity index (χ1) is 11.5. The van der Waals surface area contributed by atoms with Gasteiger partial charge >= 0.3 is 0 Å². The monoisotopic (exact) mass is 389 g/mol. The summed E-state index contributed by atoms with van der Waals surface area (Å²) in [5.74, 6) is -1.24. The number of carbonyl (C=O) groups excluding carboxylic acids is 2. The van der Waals surface area contributed by atoms with Crippen molar-refractivity contribution in [1.82, 2.24) is 5.43 Å². The van der Waals surface area contributed by atoms with Crippen LogP contribution in [-0.4, -0.2) is 24.7 Å². The van der Waals surface area contributed by atoms with E-state index in [9.17, 15) is 14.7 Å². The lowest BCUT2D eigenvalue weighted by atomic mass is 10.1. The van der Waals surface area contributed by atoms with Crippen molar-refractivity contribution >= 4 is 34.0 Å². The molecule has 0 aromatic heterocycles. The van der Waals surface area contributed by atoms with Crippen molar-refractivity contribution in [3.63, 3.8) is 0 Å². The normalized spacial score (nSPS) is 10.5. The van der Waals surface area contributed by atoms with Crippen molar-refractivity contribution in [3.05, 3.63) is 64.1 Å². The van der Waals surface area contributed by atoms with Crippen LogP contribution in [0.3, 0.4) is 0 Å². The van der Waals surface area contributed by atoms with E-state index in [0.29, 0.717) is 11.3 Å². The van der Waals surface area contributed by atoms with Crippen LogP contribution in [-0.2, 0) is 16.0 Å². The molecule has 0 spiro atoms. The van der Waals surface area contributed by atoms with Crippen LogP contribution in [0.25, 0.3) is 0 Å². The van der Waals surface area contributed by atoms with Gasteiger partial charge in [-0.05, 0) is 29.8 Å². The van der Waals surface area contributed by atoms with E-state index in [4.69, 9.17) is 4.74 Å². The Morgan fingerprint density at radius 3 is 2.58 bits per heavy atom. The number of para-hydroxylation sites is 1. The number of hydrogen-bond donors (Lipinski definition) is 1. The number of ether oxygens (including phenoxy) is 1. The van der Waals surface area contributed by atoms with E-state index in [2.05, 4.69) is 26.5 Å². The fraction of sp³-hybridized carbons (Fsp3) is 0.118. The number of carboxylic acid groups (broad SMARTS) is 1. The first-order valence-corrected chi connectivity index (χ1v) is 7.82. The highest BCUT2D eigenvalue weighted by Gasteiger charge is 2.03. The molecule has 7 heteroatoms. The highest BCUT2D eigenvalue weighted by molar-refractivity contribution is 9.10. The fourth-order valence-corrected chi connectivity index (χ4v) is 2.12.